The van der Waals surface area contributed by atoms with E-state index in [0.717, 1.165) is 25.1 Å². The van der Waals surface area contributed by atoms with Crippen LogP contribution in [-0.4, -0.2) is 18.8 Å². The number of rotatable bonds is 5. The van der Waals surface area contributed by atoms with Crippen molar-refractivity contribution in [2.24, 2.45) is 5.41 Å². The van der Waals surface area contributed by atoms with Gasteiger partial charge in [0.1, 0.15) is 0 Å². The Labute approximate surface area is 130 Å². The molecular weight excluding hydrogens is 295 g/mol. The SMILES string of the molecule is CCOC1CC(NCc2cc(Cl)c(N)c(Cl)c2)C1(C)C. The van der Waals surface area contributed by atoms with Gasteiger partial charge in [-0.3, -0.25) is 0 Å². The second-order valence-corrected chi connectivity index (χ2v) is 6.72. The fourth-order valence-corrected chi connectivity index (χ4v) is 3.23. The maximum atomic E-state index is 6.05. The second-order valence-electron chi connectivity index (χ2n) is 5.91. The topological polar surface area (TPSA) is 47.3 Å². The van der Waals surface area contributed by atoms with Gasteiger partial charge in [-0.1, -0.05) is 37.0 Å². The lowest BCUT2D eigenvalue weighted by Gasteiger charge is -2.52. The maximum absolute atomic E-state index is 6.05. The molecule has 1 aromatic rings. The molecule has 0 aliphatic heterocycles. The van der Waals surface area contributed by atoms with Gasteiger partial charge in [-0.25, -0.2) is 0 Å². The van der Waals surface area contributed by atoms with E-state index in [1.807, 2.05) is 19.1 Å². The smallest absolute Gasteiger partial charge is 0.0693 e. The molecule has 1 aliphatic carbocycles. The van der Waals surface area contributed by atoms with E-state index < -0.39 is 0 Å². The molecule has 2 atom stereocenters. The highest BCUT2D eigenvalue weighted by Gasteiger charge is 2.48. The molecule has 112 valence electrons. The molecule has 2 rings (SSSR count). The first-order chi connectivity index (χ1) is 9.36. The van der Waals surface area contributed by atoms with E-state index in [2.05, 4.69) is 19.2 Å². The Balaban J connectivity index is 1.94. The fraction of sp³-hybridized carbons (Fsp3) is 0.600. The first-order valence-corrected chi connectivity index (χ1v) is 7.70. The lowest BCUT2D eigenvalue weighted by atomic mass is 9.64. The molecular formula is C15H22Cl2N2O. The summed E-state index contributed by atoms with van der Waals surface area (Å²) in [5.74, 6) is 0. The van der Waals surface area contributed by atoms with Crippen molar-refractivity contribution in [2.45, 2.75) is 45.9 Å². The third kappa shape index (κ3) is 3.06. The number of nitrogen functional groups attached to an aromatic ring is 1. The van der Waals surface area contributed by atoms with Crippen LogP contribution in [0.2, 0.25) is 10.0 Å². The minimum atomic E-state index is 0.150. The average Bonchev–Trinajstić information content (AvgIpc) is 2.39. The Morgan fingerprint density at radius 3 is 2.45 bits per heavy atom. The molecule has 3 N–H and O–H groups in total. The van der Waals surface area contributed by atoms with E-state index in [4.69, 9.17) is 33.7 Å². The molecule has 0 amide bonds. The van der Waals surface area contributed by atoms with E-state index in [0.29, 0.717) is 27.9 Å². The zero-order valence-electron chi connectivity index (χ0n) is 12.2. The van der Waals surface area contributed by atoms with Gasteiger partial charge < -0.3 is 15.8 Å². The third-order valence-electron chi connectivity index (χ3n) is 4.24. The Morgan fingerprint density at radius 1 is 1.35 bits per heavy atom. The molecule has 1 saturated carbocycles. The molecule has 0 bridgehead atoms. The highest BCUT2D eigenvalue weighted by atomic mass is 35.5. The van der Waals surface area contributed by atoms with E-state index in [9.17, 15) is 0 Å². The predicted octanol–water partition coefficient (Wildman–Crippen LogP) is 3.87. The Hall–Kier alpha value is -0.480. The van der Waals surface area contributed by atoms with Crippen LogP contribution in [0.3, 0.4) is 0 Å². The van der Waals surface area contributed by atoms with Gasteiger partial charge in [0.25, 0.3) is 0 Å². The van der Waals surface area contributed by atoms with Crippen molar-refractivity contribution in [2.75, 3.05) is 12.3 Å². The van der Waals surface area contributed by atoms with Crippen LogP contribution in [0.1, 0.15) is 32.8 Å². The lowest BCUT2D eigenvalue weighted by Crippen LogP contribution is -2.60. The quantitative estimate of drug-likeness (QED) is 0.811. The minimum Gasteiger partial charge on any atom is -0.396 e. The van der Waals surface area contributed by atoms with Gasteiger partial charge in [0.05, 0.1) is 21.8 Å². The molecule has 0 spiro atoms. The number of halogens is 2. The molecule has 0 radical (unpaired) electrons. The molecule has 1 aromatic carbocycles. The fourth-order valence-electron chi connectivity index (χ4n) is 2.70. The summed E-state index contributed by atoms with van der Waals surface area (Å²) in [6, 6.07) is 4.16. The number of anilines is 1. The highest BCUT2D eigenvalue weighted by Crippen LogP contribution is 2.43. The van der Waals surface area contributed by atoms with Crippen LogP contribution >= 0.6 is 23.2 Å². The van der Waals surface area contributed by atoms with Crippen molar-refractivity contribution in [3.05, 3.63) is 27.7 Å². The summed E-state index contributed by atoms with van der Waals surface area (Å²) >= 11 is 12.1. The van der Waals surface area contributed by atoms with E-state index in [1.54, 1.807) is 0 Å². The number of ether oxygens (including phenoxy) is 1. The zero-order valence-corrected chi connectivity index (χ0v) is 13.7. The minimum absolute atomic E-state index is 0.150. The molecule has 0 saturated heterocycles. The van der Waals surface area contributed by atoms with Crippen molar-refractivity contribution in [3.63, 3.8) is 0 Å². The second kappa shape index (κ2) is 6.10. The van der Waals surface area contributed by atoms with Crippen molar-refractivity contribution in [1.29, 1.82) is 0 Å². The van der Waals surface area contributed by atoms with Crippen LogP contribution in [0.5, 0.6) is 0 Å². The lowest BCUT2D eigenvalue weighted by molar-refractivity contribution is -0.114. The maximum Gasteiger partial charge on any atom is 0.0693 e. The van der Waals surface area contributed by atoms with Crippen molar-refractivity contribution in [1.82, 2.24) is 5.32 Å². The third-order valence-corrected chi connectivity index (χ3v) is 4.86. The van der Waals surface area contributed by atoms with Gasteiger partial charge in [0.15, 0.2) is 0 Å². The summed E-state index contributed by atoms with van der Waals surface area (Å²) in [5, 5.41) is 4.57. The summed E-state index contributed by atoms with van der Waals surface area (Å²) in [6.07, 6.45) is 1.38. The van der Waals surface area contributed by atoms with E-state index in [-0.39, 0.29) is 5.41 Å². The van der Waals surface area contributed by atoms with Crippen molar-refractivity contribution in [3.8, 4) is 0 Å². The Bertz CT molecular complexity index is 468. The van der Waals surface area contributed by atoms with Crippen molar-refractivity contribution >= 4 is 28.9 Å². The molecule has 0 heterocycles. The highest BCUT2D eigenvalue weighted by molar-refractivity contribution is 6.38. The molecule has 3 nitrogen and oxygen atoms in total. The van der Waals surface area contributed by atoms with Crippen LogP contribution in [0.4, 0.5) is 5.69 Å². The van der Waals surface area contributed by atoms with E-state index >= 15 is 0 Å². The summed E-state index contributed by atoms with van der Waals surface area (Å²) in [5.41, 5.74) is 7.38. The Kier molecular flexibility index (Phi) is 4.85. The zero-order chi connectivity index (χ0) is 14.9. The number of hydrogen-bond donors (Lipinski definition) is 2. The van der Waals surface area contributed by atoms with Gasteiger partial charge in [0, 0.05) is 24.6 Å². The number of hydrogen-bond acceptors (Lipinski definition) is 3. The summed E-state index contributed by atoms with van der Waals surface area (Å²) in [7, 11) is 0. The monoisotopic (exact) mass is 316 g/mol. The first-order valence-electron chi connectivity index (χ1n) is 6.94. The van der Waals surface area contributed by atoms with Gasteiger partial charge >= 0.3 is 0 Å². The van der Waals surface area contributed by atoms with Crippen LogP contribution < -0.4 is 11.1 Å². The van der Waals surface area contributed by atoms with E-state index in [1.165, 1.54) is 0 Å². The normalized spacial score (nSPS) is 24.4. The van der Waals surface area contributed by atoms with Crippen LogP contribution in [0, 0.1) is 5.41 Å². The molecule has 1 fully saturated rings. The largest absolute Gasteiger partial charge is 0.396 e. The Morgan fingerprint density at radius 2 is 1.95 bits per heavy atom. The molecule has 5 heteroatoms. The molecule has 1 aliphatic rings. The molecule has 0 aromatic heterocycles. The molecule has 20 heavy (non-hydrogen) atoms. The first kappa shape index (κ1) is 15.9. The number of nitrogens with two attached hydrogens (primary N) is 1. The van der Waals surface area contributed by atoms with Gasteiger partial charge in [-0.05, 0) is 31.0 Å². The standard InChI is InChI=1S/C15H22Cl2N2O/c1-4-20-13-7-12(15(13,2)3)19-8-9-5-10(16)14(18)11(17)6-9/h5-6,12-13,19H,4,7-8,18H2,1-3H3. The number of nitrogens with one attached hydrogen (secondary N) is 1. The van der Waals surface area contributed by atoms with Crippen LogP contribution in [-0.2, 0) is 11.3 Å². The van der Waals surface area contributed by atoms with Crippen LogP contribution in [0.15, 0.2) is 12.1 Å². The summed E-state index contributed by atoms with van der Waals surface area (Å²) in [6.45, 7) is 8.00. The van der Waals surface area contributed by atoms with Gasteiger partial charge in [-0.15, -0.1) is 0 Å². The summed E-state index contributed by atoms with van der Waals surface area (Å²) < 4.78 is 5.73. The van der Waals surface area contributed by atoms with Gasteiger partial charge in [-0.2, -0.15) is 0 Å². The average molecular weight is 317 g/mol. The van der Waals surface area contributed by atoms with Gasteiger partial charge in [0.2, 0.25) is 0 Å². The molecule has 2 unspecified atom stereocenters. The van der Waals surface area contributed by atoms with Crippen molar-refractivity contribution < 1.29 is 4.74 Å². The number of benzene rings is 1. The predicted molar refractivity (Wildman–Crippen MR) is 85.3 cm³/mol. The summed E-state index contributed by atoms with van der Waals surface area (Å²) in [4.78, 5) is 0. The van der Waals surface area contributed by atoms with Crippen LogP contribution in [0.25, 0.3) is 0 Å².